The molecule has 0 aliphatic carbocycles. The minimum absolute atomic E-state index is 0.00195. The fourth-order valence-electron chi connectivity index (χ4n) is 1.64. The van der Waals surface area contributed by atoms with Gasteiger partial charge in [0.1, 0.15) is 0 Å². The molecule has 0 saturated carbocycles. The lowest BCUT2D eigenvalue weighted by molar-refractivity contribution is 0.347. The van der Waals surface area contributed by atoms with Crippen molar-refractivity contribution in [2.45, 2.75) is 45.6 Å². The van der Waals surface area contributed by atoms with Crippen LogP contribution in [0.1, 0.15) is 38.8 Å². The van der Waals surface area contributed by atoms with Crippen molar-refractivity contribution >= 4 is 0 Å². The molecule has 0 saturated heterocycles. The zero-order chi connectivity index (χ0) is 13.1. The van der Waals surface area contributed by atoms with E-state index in [1.165, 1.54) is 11.1 Å². The van der Waals surface area contributed by atoms with Crippen molar-refractivity contribution in [3.05, 3.63) is 35.4 Å². The first-order chi connectivity index (χ1) is 7.77. The van der Waals surface area contributed by atoms with Crippen LogP contribution in [-0.4, -0.2) is 18.6 Å². The van der Waals surface area contributed by atoms with Gasteiger partial charge in [-0.2, -0.15) is 0 Å². The van der Waals surface area contributed by atoms with Crippen LogP contribution in [0, 0.1) is 6.92 Å². The van der Waals surface area contributed by atoms with Gasteiger partial charge < -0.3 is 11.1 Å². The van der Waals surface area contributed by atoms with Crippen molar-refractivity contribution in [2.75, 3.05) is 13.1 Å². The number of hydrogen-bond donors (Lipinski definition) is 2. The van der Waals surface area contributed by atoms with Gasteiger partial charge in [0.15, 0.2) is 0 Å². The average Bonchev–Trinajstić information content (AvgIpc) is 2.27. The SMILES string of the molecule is Cc1ccc(C(C)(C)CNC(C)(C)CN)cc1. The Kier molecular flexibility index (Phi) is 4.34. The number of nitrogens with one attached hydrogen (secondary N) is 1. The minimum atomic E-state index is 0.00195. The zero-order valence-corrected chi connectivity index (χ0v) is 11.8. The summed E-state index contributed by atoms with van der Waals surface area (Å²) in [7, 11) is 0. The van der Waals surface area contributed by atoms with E-state index in [1.54, 1.807) is 0 Å². The second kappa shape index (κ2) is 5.19. The van der Waals surface area contributed by atoms with Gasteiger partial charge in [0.05, 0.1) is 0 Å². The lowest BCUT2D eigenvalue weighted by atomic mass is 9.83. The predicted octanol–water partition coefficient (Wildman–Crippen LogP) is 2.60. The van der Waals surface area contributed by atoms with Crippen LogP contribution in [0.15, 0.2) is 24.3 Å². The summed E-state index contributed by atoms with van der Waals surface area (Å²) in [6.07, 6.45) is 0. The van der Waals surface area contributed by atoms with Crippen molar-refractivity contribution in [3.8, 4) is 0 Å². The molecule has 0 fully saturated rings. The third kappa shape index (κ3) is 4.14. The van der Waals surface area contributed by atoms with E-state index in [0.29, 0.717) is 6.54 Å². The molecule has 0 aromatic heterocycles. The molecule has 96 valence electrons. The lowest BCUT2D eigenvalue weighted by Gasteiger charge is -2.32. The summed E-state index contributed by atoms with van der Waals surface area (Å²) in [4.78, 5) is 0. The maximum Gasteiger partial charge on any atom is 0.0247 e. The molecule has 0 atom stereocenters. The van der Waals surface area contributed by atoms with Gasteiger partial charge in [-0.1, -0.05) is 43.7 Å². The Bertz CT molecular complexity index is 350. The molecule has 1 aromatic carbocycles. The van der Waals surface area contributed by atoms with Gasteiger partial charge in [-0.25, -0.2) is 0 Å². The van der Waals surface area contributed by atoms with Gasteiger partial charge in [-0.05, 0) is 26.3 Å². The van der Waals surface area contributed by atoms with Crippen LogP contribution < -0.4 is 11.1 Å². The van der Waals surface area contributed by atoms with E-state index in [-0.39, 0.29) is 11.0 Å². The highest BCUT2D eigenvalue weighted by atomic mass is 15.0. The fraction of sp³-hybridized carbons (Fsp3) is 0.600. The first-order valence-corrected chi connectivity index (χ1v) is 6.29. The Balaban J connectivity index is 2.71. The third-order valence-corrected chi connectivity index (χ3v) is 3.35. The Morgan fingerprint density at radius 3 is 2.06 bits per heavy atom. The highest BCUT2D eigenvalue weighted by Crippen LogP contribution is 2.23. The zero-order valence-electron chi connectivity index (χ0n) is 11.8. The summed E-state index contributed by atoms with van der Waals surface area (Å²) < 4.78 is 0. The van der Waals surface area contributed by atoms with Gasteiger partial charge >= 0.3 is 0 Å². The first-order valence-electron chi connectivity index (χ1n) is 6.29. The molecule has 0 aliphatic heterocycles. The Labute approximate surface area is 106 Å². The standard InChI is InChI=1S/C15H26N2/c1-12-6-8-13(9-7-12)14(2,3)11-17-15(4,5)10-16/h6-9,17H,10-11,16H2,1-5H3. The summed E-state index contributed by atoms with van der Waals surface area (Å²) in [6.45, 7) is 12.5. The van der Waals surface area contributed by atoms with Crippen molar-refractivity contribution in [3.63, 3.8) is 0 Å². The first kappa shape index (κ1) is 14.2. The van der Waals surface area contributed by atoms with Gasteiger partial charge in [0.2, 0.25) is 0 Å². The van der Waals surface area contributed by atoms with Crippen molar-refractivity contribution in [1.29, 1.82) is 0 Å². The van der Waals surface area contributed by atoms with Gasteiger partial charge in [0.25, 0.3) is 0 Å². The van der Waals surface area contributed by atoms with E-state index >= 15 is 0 Å². The van der Waals surface area contributed by atoms with E-state index < -0.39 is 0 Å². The van der Waals surface area contributed by atoms with Crippen LogP contribution in [-0.2, 0) is 5.41 Å². The fourth-order valence-corrected chi connectivity index (χ4v) is 1.64. The van der Waals surface area contributed by atoms with Crippen molar-refractivity contribution in [2.24, 2.45) is 5.73 Å². The van der Waals surface area contributed by atoms with E-state index in [2.05, 4.69) is 64.2 Å². The smallest absolute Gasteiger partial charge is 0.0247 e. The summed E-state index contributed by atoms with van der Waals surface area (Å²) in [5, 5.41) is 3.54. The van der Waals surface area contributed by atoms with Crippen molar-refractivity contribution < 1.29 is 0 Å². The van der Waals surface area contributed by atoms with Crippen molar-refractivity contribution in [1.82, 2.24) is 5.32 Å². The number of nitrogens with two attached hydrogens (primary N) is 1. The maximum atomic E-state index is 5.73. The molecule has 0 aliphatic rings. The van der Waals surface area contributed by atoms with E-state index in [4.69, 9.17) is 5.73 Å². The molecule has 0 spiro atoms. The van der Waals surface area contributed by atoms with Gasteiger partial charge in [-0.3, -0.25) is 0 Å². The van der Waals surface area contributed by atoms with E-state index in [1.807, 2.05) is 0 Å². The average molecular weight is 234 g/mol. The lowest BCUT2D eigenvalue weighted by Crippen LogP contribution is -2.50. The number of rotatable bonds is 5. The Morgan fingerprint density at radius 1 is 1.06 bits per heavy atom. The second-order valence-corrected chi connectivity index (χ2v) is 6.19. The van der Waals surface area contributed by atoms with E-state index in [9.17, 15) is 0 Å². The van der Waals surface area contributed by atoms with E-state index in [0.717, 1.165) is 6.54 Å². The molecule has 0 radical (unpaired) electrons. The molecule has 2 heteroatoms. The molecule has 0 heterocycles. The number of hydrogen-bond acceptors (Lipinski definition) is 2. The van der Waals surface area contributed by atoms with Crippen LogP contribution in [0.25, 0.3) is 0 Å². The minimum Gasteiger partial charge on any atom is -0.329 e. The van der Waals surface area contributed by atoms with Crippen LogP contribution in [0.5, 0.6) is 0 Å². The molecule has 3 N–H and O–H groups in total. The summed E-state index contributed by atoms with van der Waals surface area (Å²) >= 11 is 0. The topological polar surface area (TPSA) is 38.0 Å². The van der Waals surface area contributed by atoms with Crippen LogP contribution >= 0.6 is 0 Å². The Hall–Kier alpha value is -0.860. The molecule has 0 bridgehead atoms. The molecule has 0 amide bonds. The van der Waals surface area contributed by atoms with Crippen LogP contribution in [0.3, 0.4) is 0 Å². The molecular formula is C15H26N2. The monoisotopic (exact) mass is 234 g/mol. The molecule has 17 heavy (non-hydrogen) atoms. The molecule has 1 rings (SSSR count). The molecule has 0 unspecified atom stereocenters. The van der Waals surface area contributed by atoms with Crippen LogP contribution in [0.4, 0.5) is 0 Å². The maximum absolute atomic E-state index is 5.73. The summed E-state index contributed by atoms with van der Waals surface area (Å²) in [5.41, 5.74) is 8.53. The largest absolute Gasteiger partial charge is 0.329 e. The predicted molar refractivity (Wildman–Crippen MR) is 75.3 cm³/mol. The third-order valence-electron chi connectivity index (χ3n) is 3.35. The molecule has 2 nitrogen and oxygen atoms in total. The second-order valence-electron chi connectivity index (χ2n) is 6.19. The summed E-state index contributed by atoms with van der Waals surface area (Å²) in [5.74, 6) is 0. The molecule has 1 aromatic rings. The quantitative estimate of drug-likeness (QED) is 0.822. The Morgan fingerprint density at radius 2 is 1.59 bits per heavy atom. The highest BCUT2D eigenvalue weighted by molar-refractivity contribution is 5.27. The number of benzene rings is 1. The highest BCUT2D eigenvalue weighted by Gasteiger charge is 2.24. The summed E-state index contributed by atoms with van der Waals surface area (Å²) in [6, 6.07) is 8.77. The van der Waals surface area contributed by atoms with Crippen LogP contribution in [0.2, 0.25) is 0 Å². The number of aryl methyl sites for hydroxylation is 1. The normalized spacial score (nSPS) is 12.8. The van der Waals surface area contributed by atoms with Gasteiger partial charge in [-0.15, -0.1) is 0 Å². The van der Waals surface area contributed by atoms with Gasteiger partial charge in [0, 0.05) is 24.0 Å². The molecular weight excluding hydrogens is 208 g/mol.